The molecule has 0 bridgehead atoms. The maximum Gasteiger partial charge on any atom is 0.269 e. The van der Waals surface area contributed by atoms with E-state index in [1.807, 2.05) is 19.1 Å². The van der Waals surface area contributed by atoms with Crippen molar-refractivity contribution in [2.45, 2.75) is 19.8 Å². The lowest BCUT2D eigenvalue weighted by Crippen LogP contribution is -2.45. The van der Waals surface area contributed by atoms with E-state index in [9.17, 15) is 23.2 Å². The molecule has 3 rings (SSSR count). The molecule has 0 aliphatic carbocycles. The number of benzene rings is 2. The minimum Gasteiger partial charge on any atom is -0.309 e. The van der Waals surface area contributed by atoms with Crippen molar-refractivity contribution in [3.8, 4) is 0 Å². The zero-order valence-corrected chi connectivity index (χ0v) is 15.2. The van der Waals surface area contributed by atoms with Gasteiger partial charge >= 0.3 is 0 Å². The van der Waals surface area contributed by atoms with Gasteiger partial charge in [0.05, 0.1) is 11.6 Å². The molecule has 1 unspecified atom stereocenters. The largest absolute Gasteiger partial charge is 0.309 e. The first-order chi connectivity index (χ1) is 13.4. The molecule has 0 saturated carbocycles. The van der Waals surface area contributed by atoms with Gasteiger partial charge in [-0.15, -0.1) is 0 Å². The Labute approximate surface area is 160 Å². The molecule has 1 aliphatic rings. The molecule has 2 aromatic carbocycles. The lowest BCUT2D eigenvalue weighted by atomic mass is 10.1. The van der Waals surface area contributed by atoms with Crippen LogP contribution >= 0.6 is 0 Å². The maximum absolute atomic E-state index is 13.9. The first-order valence-corrected chi connectivity index (χ1v) is 8.83. The van der Waals surface area contributed by atoms with Gasteiger partial charge in [0.15, 0.2) is 0 Å². The zero-order valence-electron chi connectivity index (χ0n) is 15.2. The SMILES string of the molecule is CCc1ccc(C(=O)NNC(=O)C2CC(=O)N(c3ccc(F)cc3F)C2)cc1. The van der Waals surface area contributed by atoms with Crippen LogP contribution in [0.25, 0.3) is 0 Å². The number of hydrogen-bond acceptors (Lipinski definition) is 3. The number of carbonyl (C=O) groups is 3. The summed E-state index contributed by atoms with van der Waals surface area (Å²) in [5, 5.41) is 0. The minimum atomic E-state index is -0.877. The summed E-state index contributed by atoms with van der Waals surface area (Å²) < 4.78 is 27.0. The lowest BCUT2D eigenvalue weighted by molar-refractivity contribution is -0.126. The van der Waals surface area contributed by atoms with Crippen LogP contribution in [0.3, 0.4) is 0 Å². The molecule has 2 aromatic rings. The van der Waals surface area contributed by atoms with Gasteiger partial charge in [0.1, 0.15) is 11.6 Å². The Morgan fingerprint density at radius 2 is 1.82 bits per heavy atom. The predicted octanol–water partition coefficient (Wildman–Crippen LogP) is 2.34. The summed E-state index contributed by atoms with van der Waals surface area (Å²) in [6.07, 6.45) is 0.712. The van der Waals surface area contributed by atoms with Crippen LogP contribution in [0.5, 0.6) is 0 Å². The zero-order chi connectivity index (χ0) is 20.3. The van der Waals surface area contributed by atoms with Gasteiger partial charge in [0.25, 0.3) is 5.91 Å². The van der Waals surface area contributed by atoms with Crippen LogP contribution in [0, 0.1) is 17.6 Å². The number of hydrogen-bond donors (Lipinski definition) is 2. The Kier molecular flexibility index (Phi) is 5.67. The molecule has 0 spiro atoms. The fourth-order valence-electron chi connectivity index (χ4n) is 3.00. The van der Waals surface area contributed by atoms with Crippen molar-refractivity contribution in [2.24, 2.45) is 5.92 Å². The summed E-state index contributed by atoms with van der Waals surface area (Å²) in [5.41, 5.74) is 5.99. The van der Waals surface area contributed by atoms with Gasteiger partial charge in [0, 0.05) is 24.6 Å². The quantitative estimate of drug-likeness (QED) is 0.791. The third-order valence-electron chi connectivity index (χ3n) is 4.62. The smallest absolute Gasteiger partial charge is 0.269 e. The summed E-state index contributed by atoms with van der Waals surface area (Å²) >= 11 is 0. The third kappa shape index (κ3) is 4.16. The van der Waals surface area contributed by atoms with Crippen LogP contribution in [0.4, 0.5) is 14.5 Å². The minimum absolute atomic E-state index is 0.0612. The van der Waals surface area contributed by atoms with Crippen LogP contribution in [-0.4, -0.2) is 24.3 Å². The highest BCUT2D eigenvalue weighted by Gasteiger charge is 2.36. The van der Waals surface area contributed by atoms with Crippen molar-refractivity contribution in [1.29, 1.82) is 0 Å². The Bertz CT molecular complexity index is 915. The summed E-state index contributed by atoms with van der Waals surface area (Å²) in [5.74, 6) is -3.89. The molecule has 146 valence electrons. The number of amides is 3. The molecular weight excluding hydrogens is 368 g/mol. The molecule has 1 aliphatic heterocycles. The van der Waals surface area contributed by atoms with Crippen LogP contribution < -0.4 is 15.8 Å². The molecule has 1 fully saturated rings. The number of carbonyl (C=O) groups excluding carboxylic acids is 3. The topological polar surface area (TPSA) is 78.5 Å². The van der Waals surface area contributed by atoms with Gasteiger partial charge in [-0.05, 0) is 36.2 Å². The molecule has 1 heterocycles. The summed E-state index contributed by atoms with van der Waals surface area (Å²) in [4.78, 5) is 37.6. The van der Waals surface area contributed by atoms with Crippen molar-refractivity contribution in [1.82, 2.24) is 10.9 Å². The van der Waals surface area contributed by atoms with Crippen molar-refractivity contribution in [3.63, 3.8) is 0 Å². The fourth-order valence-corrected chi connectivity index (χ4v) is 3.00. The van der Waals surface area contributed by atoms with E-state index in [0.717, 1.165) is 29.0 Å². The van der Waals surface area contributed by atoms with Crippen molar-refractivity contribution in [2.75, 3.05) is 11.4 Å². The average molecular weight is 387 g/mol. The lowest BCUT2D eigenvalue weighted by Gasteiger charge is -2.17. The fraction of sp³-hybridized carbons (Fsp3) is 0.250. The van der Waals surface area contributed by atoms with Crippen LogP contribution in [0.15, 0.2) is 42.5 Å². The third-order valence-corrected chi connectivity index (χ3v) is 4.62. The second-order valence-electron chi connectivity index (χ2n) is 6.49. The van der Waals surface area contributed by atoms with Crippen LogP contribution in [0.2, 0.25) is 0 Å². The number of nitrogens with one attached hydrogen (secondary N) is 2. The highest BCUT2D eigenvalue weighted by atomic mass is 19.1. The Hall–Kier alpha value is -3.29. The molecular formula is C20H19F2N3O3. The van der Waals surface area contributed by atoms with Gasteiger partial charge in [-0.1, -0.05) is 19.1 Å². The monoisotopic (exact) mass is 387 g/mol. The highest BCUT2D eigenvalue weighted by molar-refractivity contribution is 6.01. The molecule has 28 heavy (non-hydrogen) atoms. The van der Waals surface area contributed by atoms with E-state index in [1.54, 1.807) is 12.1 Å². The normalized spacial score (nSPS) is 16.2. The van der Waals surface area contributed by atoms with E-state index in [-0.39, 0.29) is 18.7 Å². The molecule has 1 saturated heterocycles. The Morgan fingerprint density at radius 1 is 1.11 bits per heavy atom. The molecule has 2 N–H and O–H groups in total. The number of halogens is 2. The summed E-state index contributed by atoms with van der Waals surface area (Å²) in [6, 6.07) is 9.83. The summed E-state index contributed by atoms with van der Waals surface area (Å²) in [6.45, 7) is 1.94. The predicted molar refractivity (Wildman–Crippen MR) is 98.2 cm³/mol. The molecule has 0 radical (unpaired) electrons. The molecule has 0 aromatic heterocycles. The van der Waals surface area contributed by atoms with E-state index in [0.29, 0.717) is 11.6 Å². The number of anilines is 1. The highest BCUT2D eigenvalue weighted by Crippen LogP contribution is 2.27. The number of hydrazine groups is 1. The second kappa shape index (κ2) is 8.16. The second-order valence-corrected chi connectivity index (χ2v) is 6.49. The van der Waals surface area contributed by atoms with Gasteiger partial charge < -0.3 is 4.90 Å². The van der Waals surface area contributed by atoms with Gasteiger partial charge in [0.2, 0.25) is 11.8 Å². The summed E-state index contributed by atoms with van der Waals surface area (Å²) in [7, 11) is 0. The number of nitrogens with zero attached hydrogens (tertiary/aromatic N) is 1. The Balaban J connectivity index is 1.59. The average Bonchev–Trinajstić information content (AvgIpc) is 3.07. The van der Waals surface area contributed by atoms with E-state index < -0.39 is 35.3 Å². The van der Waals surface area contributed by atoms with E-state index in [2.05, 4.69) is 10.9 Å². The maximum atomic E-state index is 13.9. The molecule has 8 heteroatoms. The van der Waals surface area contributed by atoms with Crippen LogP contribution in [0.1, 0.15) is 29.3 Å². The van der Waals surface area contributed by atoms with E-state index in [1.165, 1.54) is 0 Å². The first-order valence-electron chi connectivity index (χ1n) is 8.83. The van der Waals surface area contributed by atoms with Crippen molar-refractivity contribution < 1.29 is 23.2 Å². The van der Waals surface area contributed by atoms with Crippen molar-refractivity contribution >= 4 is 23.4 Å². The Morgan fingerprint density at radius 3 is 2.46 bits per heavy atom. The number of aryl methyl sites for hydroxylation is 1. The van der Waals surface area contributed by atoms with Crippen molar-refractivity contribution in [3.05, 3.63) is 65.2 Å². The van der Waals surface area contributed by atoms with Gasteiger partial charge in [-0.3, -0.25) is 25.2 Å². The van der Waals surface area contributed by atoms with Crippen LogP contribution in [-0.2, 0) is 16.0 Å². The van der Waals surface area contributed by atoms with Gasteiger partial charge in [-0.25, -0.2) is 8.78 Å². The first kappa shape index (κ1) is 19.5. The molecule has 1 atom stereocenters. The molecule has 3 amide bonds. The van der Waals surface area contributed by atoms with E-state index in [4.69, 9.17) is 0 Å². The van der Waals surface area contributed by atoms with E-state index >= 15 is 0 Å². The van der Waals surface area contributed by atoms with Gasteiger partial charge in [-0.2, -0.15) is 0 Å². The molecule has 6 nitrogen and oxygen atoms in total. The number of rotatable bonds is 4. The standard InChI is InChI=1S/C20H19F2N3O3/c1-2-12-3-5-13(6-4-12)19(27)23-24-20(28)14-9-18(26)25(11-14)17-8-7-15(21)10-16(17)22/h3-8,10,14H,2,9,11H2,1H3,(H,23,27)(H,24,28).